The molecule has 0 radical (unpaired) electrons. The number of rotatable bonds is 1. The predicted molar refractivity (Wildman–Crippen MR) is 59.7 cm³/mol. The predicted octanol–water partition coefficient (Wildman–Crippen LogP) is 2.91. The number of thiophene rings is 1. The molecule has 2 nitrogen and oxygen atoms in total. The van der Waals surface area contributed by atoms with Crippen molar-refractivity contribution >= 4 is 38.9 Å². The van der Waals surface area contributed by atoms with Crippen LogP contribution in [-0.2, 0) is 0 Å². The summed E-state index contributed by atoms with van der Waals surface area (Å²) in [5.41, 5.74) is 6.28. The summed E-state index contributed by atoms with van der Waals surface area (Å²) in [5, 5.41) is 12.8. The normalized spacial score (nSPS) is 10.8. The van der Waals surface area contributed by atoms with Gasteiger partial charge in [-0.1, -0.05) is 0 Å². The Bertz CT molecular complexity index is 450. The van der Waals surface area contributed by atoms with Crippen LogP contribution in [0.3, 0.4) is 0 Å². The Labute approximate surface area is 84.4 Å². The largest absolute Gasteiger partial charge is 0.505 e. The molecule has 2 rings (SSSR count). The van der Waals surface area contributed by atoms with Crippen molar-refractivity contribution in [3.8, 4) is 5.75 Å². The van der Waals surface area contributed by atoms with Crippen LogP contribution in [0.15, 0.2) is 22.4 Å². The number of anilines is 1. The summed E-state index contributed by atoms with van der Waals surface area (Å²) >= 11 is 3.06. The first-order valence-electron chi connectivity index (χ1n) is 3.76. The molecule has 0 spiro atoms. The van der Waals surface area contributed by atoms with E-state index in [4.69, 9.17) is 5.73 Å². The molecule has 0 fully saturated rings. The van der Waals surface area contributed by atoms with Gasteiger partial charge in [-0.15, -0.1) is 23.1 Å². The van der Waals surface area contributed by atoms with Crippen LogP contribution in [-0.4, -0.2) is 11.4 Å². The van der Waals surface area contributed by atoms with Crippen LogP contribution >= 0.6 is 23.1 Å². The smallest absolute Gasteiger partial charge is 0.153 e. The minimum atomic E-state index is 0.211. The maximum absolute atomic E-state index is 9.67. The van der Waals surface area contributed by atoms with Crippen molar-refractivity contribution in [1.82, 2.24) is 0 Å². The van der Waals surface area contributed by atoms with Gasteiger partial charge in [-0.2, -0.15) is 0 Å². The molecule has 0 aliphatic heterocycles. The van der Waals surface area contributed by atoms with Crippen LogP contribution < -0.4 is 5.73 Å². The fraction of sp³-hybridized carbons (Fsp3) is 0.111. The number of phenols is 1. The highest BCUT2D eigenvalue weighted by molar-refractivity contribution is 7.98. The summed E-state index contributed by atoms with van der Waals surface area (Å²) in [6.45, 7) is 0. The molecule has 0 aliphatic carbocycles. The van der Waals surface area contributed by atoms with E-state index in [-0.39, 0.29) is 5.75 Å². The molecule has 0 saturated heterocycles. The topological polar surface area (TPSA) is 46.2 Å². The summed E-state index contributed by atoms with van der Waals surface area (Å²) in [6.07, 6.45) is 1.92. The van der Waals surface area contributed by atoms with Gasteiger partial charge in [-0.05, 0) is 29.2 Å². The molecule has 1 aromatic heterocycles. The van der Waals surface area contributed by atoms with Gasteiger partial charge in [0.1, 0.15) is 0 Å². The Morgan fingerprint density at radius 2 is 2.31 bits per heavy atom. The van der Waals surface area contributed by atoms with Crippen LogP contribution in [0.25, 0.3) is 10.1 Å². The molecule has 0 amide bonds. The summed E-state index contributed by atoms with van der Waals surface area (Å²) in [4.78, 5) is 0.836. The number of thioether (sulfide) groups is 1. The van der Waals surface area contributed by atoms with Crippen LogP contribution in [0.4, 0.5) is 5.69 Å². The lowest BCUT2D eigenvalue weighted by molar-refractivity contribution is 0.466. The standard InChI is InChI=1S/C9H9NOS2/c1-12-6-4-5-2-3-13-9(5)7(10)8(6)11/h2-4,11H,10H2,1H3. The first-order chi connectivity index (χ1) is 6.24. The number of nitrogen functional groups attached to an aromatic ring is 1. The van der Waals surface area contributed by atoms with E-state index in [1.807, 2.05) is 23.8 Å². The number of benzene rings is 1. The minimum Gasteiger partial charge on any atom is -0.505 e. The van der Waals surface area contributed by atoms with Crippen LogP contribution in [0.5, 0.6) is 5.75 Å². The second kappa shape index (κ2) is 3.12. The summed E-state index contributed by atoms with van der Waals surface area (Å²) < 4.78 is 0.968. The van der Waals surface area contributed by atoms with E-state index in [0.717, 1.165) is 15.0 Å². The van der Waals surface area contributed by atoms with E-state index in [2.05, 4.69) is 0 Å². The Morgan fingerprint density at radius 3 is 3.00 bits per heavy atom. The molecule has 2 aromatic rings. The lowest BCUT2D eigenvalue weighted by atomic mass is 10.2. The van der Waals surface area contributed by atoms with E-state index in [1.54, 1.807) is 11.3 Å². The van der Waals surface area contributed by atoms with Gasteiger partial charge in [0.25, 0.3) is 0 Å². The molecule has 1 heterocycles. The molecule has 0 unspecified atom stereocenters. The van der Waals surface area contributed by atoms with Gasteiger partial charge >= 0.3 is 0 Å². The van der Waals surface area contributed by atoms with Crippen molar-refractivity contribution < 1.29 is 5.11 Å². The second-order valence-corrected chi connectivity index (χ2v) is 4.44. The zero-order valence-corrected chi connectivity index (χ0v) is 8.71. The van der Waals surface area contributed by atoms with Gasteiger partial charge in [0.2, 0.25) is 0 Å². The minimum absolute atomic E-state index is 0.211. The van der Waals surface area contributed by atoms with Gasteiger partial charge < -0.3 is 10.8 Å². The fourth-order valence-corrected chi connectivity index (χ4v) is 2.64. The number of aromatic hydroxyl groups is 1. The number of nitrogens with two attached hydrogens (primary N) is 1. The van der Waals surface area contributed by atoms with Gasteiger partial charge in [0.05, 0.1) is 15.3 Å². The Morgan fingerprint density at radius 1 is 1.54 bits per heavy atom. The fourth-order valence-electron chi connectivity index (χ4n) is 1.26. The lowest BCUT2D eigenvalue weighted by Crippen LogP contribution is -1.87. The van der Waals surface area contributed by atoms with E-state index in [1.165, 1.54) is 11.8 Å². The molecule has 13 heavy (non-hydrogen) atoms. The van der Waals surface area contributed by atoms with Crippen molar-refractivity contribution in [2.75, 3.05) is 12.0 Å². The van der Waals surface area contributed by atoms with Crippen LogP contribution in [0, 0.1) is 0 Å². The van der Waals surface area contributed by atoms with E-state index < -0.39 is 0 Å². The molecule has 0 bridgehead atoms. The van der Waals surface area contributed by atoms with Gasteiger partial charge in [0.15, 0.2) is 5.75 Å². The number of phenolic OH excluding ortho intramolecular Hbond substituents is 1. The molecule has 0 saturated carbocycles. The Hall–Kier alpha value is -0.870. The molecular weight excluding hydrogens is 202 g/mol. The summed E-state index contributed by atoms with van der Waals surface area (Å²) in [5.74, 6) is 0.211. The number of hydrogen-bond donors (Lipinski definition) is 2. The highest BCUT2D eigenvalue weighted by atomic mass is 32.2. The monoisotopic (exact) mass is 211 g/mol. The lowest BCUT2D eigenvalue weighted by Gasteiger charge is -2.05. The maximum atomic E-state index is 9.67. The van der Waals surface area contributed by atoms with Gasteiger partial charge in [-0.3, -0.25) is 0 Å². The molecule has 0 aliphatic rings. The molecule has 0 atom stereocenters. The van der Waals surface area contributed by atoms with Crippen molar-refractivity contribution in [2.45, 2.75) is 4.90 Å². The SMILES string of the molecule is CSc1cc2ccsc2c(N)c1O. The van der Waals surface area contributed by atoms with E-state index in [9.17, 15) is 5.11 Å². The van der Waals surface area contributed by atoms with E-state index >= 15 is 0 Å². The van der Waals surface area contributed by atoms with E-state index in [0.29, 0.717) is 5.69 Å². The average Bonchev–Trinajstić information content (AvgIpc) is 2.59. The third kappa shape index (κ3) is 1.26. The Balaban J connectivity index is 2.83. The van der Waals surface area contributed by atoms with Gasteiger partial charge in [-0.25, -0.2) is 0 Å². The van der Waals surface area contributed by atoms with Crippen molar-refractivity contribution in [3.63, 3.8) is 0 Å². The van der Waals surface area contributed by atoms with Crippen molar-refractivity contribution in [3.05, 3.63) is 17.5 Å². The summed E-state index contributed by atoms with van der Waals surface area (Å²) in [6, 6.07) is 3.97. The number of hydrogen-bond acceptors (Lipinski definition) is 4. The van der Waals surface area contributed by atoms with Crippen molar-refractivity contribution in [1.29, 1.82) is 0 Å². The maximum Gasteiger partial charge on any atom is 0.153 e. The summed E-state index contributed by atoms with van der Waals surface area (Å²) in [7, 11) is 0. The van der Waals surface area contributed by atoms with Crippen LogP contribution in [0.2, 0.25) is 0 Å². The second-order valence-electron chi connectivity index (χ2n) is 2.68. The number of fused-ring (bicyclic) bond motifs is 1. The highest BCUT2D eigenvalue weighted by Crippen LogP contribution is 2.40. The quantitative estimate of drug-likeness (QED) is 0.433. The molecule has 68 valence electrons. The third-order valence-electron chi connectivity index (χ3n) is 1.94. The average molecular weight is 211 g/mol. The molecule has 3 N–H and O–H groups in total. The highest BCUT2D eigenvalue weighted by Gasteiger charge is 2.09. The van der Waals surface area contributed by atoms with Gasteiger partial charge in [0, 0.05) is 0 Å². The molecule has 4 heteroatoms. The zero-order valence-electron chi connectivity index (χ0n) is 7.07. The molecule has 1 aromatic carbocycles. The van der Waals surface area contributed by atoms with Crippen molar-refractivity contribution in [2.24, 2.45) is 0 Å². The zero-order chi connectivity index (χ0) is 9.42. The third-order valence-corrected chi connectivity index (χ3v) is 3.65. The molecular formula is C9H9NOS2. The van der Waals surface area contributed by atoms with Crippen LogP contribution in [0.1, 0.15) is 0 Å². The first-order valence-corrected chi connectivity index (χ1v) is 5.87. The first kappa shape index (κ1) is 8.72. The Kier molecular flexibility index (Phi) is 2.09.